The van der Waals surface area contributed by atoms with Crippen molar-refractivity contribution in [3.8, 4) is 0 Å². The summed E-state index contributed by atoms with van der Waals surface area (Å²) in [6.07, 6.45) is 0.470. The highest BCUT2D eigenvalue weighted by molar-refractivity contribution is 7.89. The molecule has 0 amide bonds. The molecule has 0 aromatic rings. The summed E-state index contributed by atoms with van der Waals surface area (Å²) in [7, 11) is -1.68. The predicted molar refractivity (Wildman–Crippen MR) is 70.8 cm³/mol. The van der Waals surface area contributed by atoms with Gasteiger partial charge in [-0.15, -0.1) is 12.4 Å². The number of halogens is 1. The molecule has 1 aliphatic heterocycles. The predicted octanol–water partition coefficient (Wildman–Crippen LogP) is 0.442. The van der Waals surface area contributed by atoms with Crippen molar-refractivity contribution in [3.05, 3.63) is 0 Å². The molecule has 0 bridgehead atoms. The van der Waals surface area contributed by atoms with Gasteiger partial charge >= 0.3 is 0 Å². The molecular weight excluding hydrogens is 264 g/mol. The highest BCUT2D eigenvalue weighted by Crippen LogP contribution is 2.18. The van der Waals surface area contributed by atoms with E-state index in [1.165, 1.54) is 11.4 Å². The van der Waals surface area contributed by atoms with Gasteiger partial charge in [0.05, 0.1) is 11.9 Å². The molecule has 17 heavy (non-hydrogen) atoms. The lowest BCUT2D eigenvalue weighted by Crippen LogP contribution is -2.49. The molecule has 3 unspecified atom stereocenters. The first-order valence-electron chi connectivity index (χ1n) is 5.63. The van der Waals surface area contributed by atoms with Crippen LogP contribution in [0, 0.1) is 5.92 Å². The van der Waals surface area contributed by atoms with Crippen LogP contribution >= 0.6 is 12.4 Å². The molecule has 1 fully saturated rings. The summed E-state index contributed by atoms with van der Waals surface area (Å²) in [5.74, 6) is 0.271. The quantitative estimate of drug-likeness (QED) is 0.814. The molecule has 1 rings (SSSR count). The minimum absolute atomic E-state index is 0. The summed E-state index contributed by atoms with van der Waals surface area (Å²) in [5, 5.41) is 0. The van der Waals surface area contributed by atoms with Gasteiger partial charge in [0.15, 0.2) is 0 Å². The molecule has 0 aliphatic carbocycles. The monoisotopic (exact) mass is 286 g/mol. The summed E-state index contributed by atoms with van der Waals surface area (Å²) in [6.45, 7) is 4.81. The first kappa shape index (κ1) is 17.1. The molecular formula is C10H23ClN2O3S. The van der Waals surface area contributed by atoms with Crippen molar-refractivity contribution >= 4 is 22.4 Å². The third kappa shape index (κ3) is 4.71. The van der Waals surface area contributed by atoms with Gasteiger partial charge < -0.3 is 10.5 Å². The van der Waals surface area contributed by atoms with Crippen LogP contribution < -0.4 is 5.73 Å². The Labute approximate surface area is 110 Å². The standard InChI is InChI=1S/C10H22N2O3S.ClH/c1-8-6-12(5-4-10(8)11)16(13,14)7-9(2)15-3;/h8-10H,4-7,11H2,1-3H3;1H. The number of ether oxygens (including phenoxy) is 1. The van der Waals surface area contributed by atoms with Crippen LogP contribution in [0.3, 0.4) is 0 Å². The van der Waals surface area contributed by atoms with Crippen molar-refractivity contribution in [2.75, 3.05) is 26.0 Å². The van der Waals surface area contributed by atoms with Crippen LogP contribution in [0.5, 0.6) is 0 Å². The fourth-order valence-electron chi connectivity index (χ4n) is 1.85. The molecule has 1 saturated heterocycles. The van der Waals surface area contributed by atoms with Crippen LogP contribution in [0.25, 0.3) is 0 Å². The average molecular weight is 287 g/mol. The summed E-state index contributed by atoms with van der Waals surface area (Å²) in [6, 6.07) is 0.117. The van der Waals surface area contributed by atoms with E-state index < -0.39 is 10.0 Å². The van der Waals surface area contributed by atoms with E-state index in [2.05, 4.69) is 0 Å². The lowest BCUT2D eigenvalue weighted by molar-refractivity contribution is 0.134. The minimum atomic E-state index is -3.20. The molecule has 0 aromatic carbocycles. The largest absolute Gasteiger partial charge is 0.381 e. The number of sulfonamides is 1. The molecule has 2 N–H and O–H groups in total. The molecule has 0 saturated carbocycles. The van der Waals surface area contributed by atoms with E-state index in [-0.39, 0.29) is 36.2 Å². The van der Waals surface area contributed by atoms with Gasteiger partial charge in [-0.3, -0.25) is 0 Å². The minimum Gasteiger partial charge on any atom is -0.381 e. The fraction of sp³-hybridized carbons (Fsp3) is 1.00. The Balaban J connectivity index is 0.00000256. The maximum absolute atomic E-state index is 12.0. The van der Waals surface area contributed by atoms with E-state index in [1.807, 2.05) is 6.92 Å². The third-order valence-electron chi connectivity index (χ3n) is 3.18. The maximum Gasteiger partial charge on any atom is 0.216 e. The highest BCUT2D eigenvalue weighted by atomic mass is 35.5. The molecule has 0 spiro atoms. The smallest absolute Gasteiger partial charge is 0.216 e. The van der Waals surface area contributed by atoms with Gasteiger partial charge in [-0.1, -0.05) is 6.92 Å². The summed E-state index contributed by atoms with van der Waals surface area (Å²) in [4.78, 5) is 0. The Bertz CT molecular complexity index is 324. The van der Waals surface area contributed by atoms with E-state index in [4.69, 9.17) is 10.5 Å². The van der Waals surface area contributed by atoms with Crippen molar-refractivity contribution in [1.82, 2.24) is 4.31 Å². The van der Waals surface area contributed by atoms with Gasteiger partial charge in [0, 0.05) is 26.2 Å². The number of methoxy groups -OCH3 is 1. The Morgan fingerprint density at radius 2 is 2.12 bits per heavy atom. The van der Waals surface area contributed by atoms with Crippen LogP contribution in [0.4, 0.5) is 0 Å². The molecule has 3 atom stereocenters. The first-order valence-corrected chi connectivity index (χ1v) is 7.24. The lowest BCUT2D eigenvalue weighted by Gasteiger charge is -2.34. The number of rotatable bonds is 4. The van der Waals surface area contributed by atoms with E-state index >= 15 is 0 Å². The van der Waals surface area contributed by atoms with E-state index in [9.17, 15) is 8.42 Å². The highest BCUT2D eigenvalue weighted by Gasteiger charge is 2.31. The van der Waals surface area contributed by atoms with Crippen molar-refractivity contribution in [2.45, 2.75) is 32.4 Å². The van der Waals surface area contributed by atoms with Crippen LogP contribution in [0.1, 0.15) is 20.3 Å². The second-order valence-corrected chi connectivity index (χ2v) is 6.63. The van der Waals surface area contributed by atoms with Crippen molar-refractivity contribution in [1.29, 1.82) is 0 Å². The Kier molecular flexibility index (Phi) is 6.94. The van der Waals surface area contributed by atoms with Gasteiger partial charge in [0.1, 0.15) is 0 Å². The average Bonchev–Trinajstić information content (AvgIpc) is 2.21. The molecule has 5 nitrogen and oxygen atoms in total. The summed E-state index contributed by atoms with van der Waals surface area (Å²) >= 11 is 0. The molecule has 1 heterocycles. The van der Waals surface area contributed by atoms with E-state index in [0.717, 1.165) is 6.42 Å². The zero-order valence-electron chi connectivity index (χ0n) is 10.6. The van der Waals surface area contributed by atoms with Gasteiger partial charge in [0.2, 0.25) is 10.0 Å². The van der Waals surface area contributed by atoms with Crippen molar-refractivity contribution in [3.63, 3.8) is 0 Å². The van der Waals surface area contributed by atoms with Gasteiger partial charge in [-0.25, -0.2) is 12.7 Å². The Morgan fingerprint density at radius 1 is 1.53 bits per heavy atom. The topological polar surface area (TPSA) is 72.6 Å². The van der Waals surface area contributed by atoms with Crippen molar-refractivity contribution < 1.29 is 13.2 Å². The Morgan fingerprint density at radius 3 is 2.59 bits per heavy atom. The second kappa shape index (κ2) is 6.89. The summed E-state index contributed by atoms with van der Waals surface area (Å²) in [5.41, 5.74) is 5.86. The normalized spacial score (nSPS) is 28.5. The zero-order chi connectivity index (χ0) is 12.3. The maximum atomic E-state index is 12.0. The SMILES string of the molecule is COC(C)CS(=O)(=O)N1CCC(N)C(C)C1.Cl. The Hall–Kier alpha value is 0.120. The van der Waals surface area contributed by atoms with Crippen molar-refractivity contribution in [2.24, 2.45) is 11.7 Å². The number of hydrogen-bond acceptors (Lipinski definition) is 4. The van der Waals surface area contributed by atoms with E-state index in [0.29, 0.717) is 13.1 Å². The molecule has 0 aromatic heterocycles. The van der Waals surface area contributed by atoms with Gasteiger partial charge in [-0.05, 0) is 19.3 Å². The number of piperidine rings is 1. The number of nitrogens with zero attached hydrogens (tertiary/aromatic N) is 1. The number of nitrogens with two attached hydrogens (primary N) is 1. The van der Waals surface area contributed by atoms with Crippen LogP contribution in [0.2, 0.25) is 0 Å². The fourth-order valence-corrected chi connectivity index (χ4v) is 3.63. The molecule has 0 radical (unpaired) electrons. The van der Waals surface area contributed by atoms with Gasteiger partial charge in [0.25, 0.3) is 0 Å². The second-order valence-electron chi connectivity index (χ2n) is 4.61. The molecule has 104 valence electrons. The van der Waals surface area contributed by atoms with Gasteiger partial charge in [-0.2, -0.15) is 0 Å². The lowest BCUT2D eigenvalue weighted by atomic mass is 9.96. The molecule has 1 aliphatic rings. The molecule has 7 heteroatoms. The third-order valence-corrected chi connectivity index (χ3v) is 5.18. The van der Waals surface area contributed by atoms with E-state index in [1.54, 1.807) is 6.92 Å². The van der Waals surface area contributed by atoms with Crippen LogP contribution in [0.15, 0.2) is 0 Å². The zero-order valence-corrected chi connectivity index (χ0v) is 12.3. The summed E-state index contributed by atoms with van der Waals surface area (Å²) < 4.78 is 30.6. The van der Waals surface area contributed by atoms with Crippen LogP contribution in [-0.2, 0) is 14.8 Å². The first-order chi connectivity index (χ1) is 7.36. The van der Waals surface area contributed by atoms with Crippen LogP contribution in [-0.4, -0.2) is 50.8 Å². The number of hydrogen-bond donors (Lipinski definition) is 1.